The van der Waals surface area contributed by atoms with Gasteiger partial charge in [0, 0.05) is 37.5 Å². The maximum absolute atomic E-state index is 12.8. The second-order valence-electron chi connectivity index (χ2n) is 8.26. The van der Waals surface area contributed by atoms with Gasteiger partial charge in [-0.25, -0.2) is 0 Å². The highest BCUT2D eigenvalue weighted by atomic mass is 16.2. The van der Waals surface area contributed by atoms with Gasteiger partial charge >= 0.3 is 0 Å². The van der Waals surface area contributed by atoms with Gasteiger partial charge in [0.1, 0.15) is 6.04 Å². The number of carbonyl (C=O) groups is 4. The third kappa shape index (κ3) is 3.12. The lowest BCUT2D eigenvalue weighted by Crippen LogP contribution is -2.63. The molecule has 0 aliphatic carbocycles. The molecule has 8 heteroatoms. The lowest BCUT2D eigenvalue weighted by Gasteiger charge is -2.46. The number of carbonyl (C=O) groups excluding carboxylic acids is 4. The van der Waals surface area contributed by atoms with Gasteiger partial charge in [0.25, 0.3) is 11.8 Å². The predicted molar refractivity (Wildman–Crippen MR) is 100 cm³/mol. The van der Waals surface area contributed by atoms with E-state index in [-0.39, 0.29) is 24.3 Å². The molecule has 2 saturated heterocycles. The van der Waals surface area contributed by atoms with Crippen molar-refractivity contribution in [3.63, 3.8) is 0 Å². The van der Waals surface area contributed by atoms with Crippen LogP contribution in [0.1, 0.15) is 53.0 Å². The average molecular weight is 384 g/mol. The Bertz CT molecular complexity index is 879. The monoisotopic (exact) mass is 384 g/mol. The normalized spacial score (nSPS) is 26.1. The molecule has 0 spiro atoms. The summed E-state index contributed by atoms with van der Waals surface area (Å²) in [5.74, 6) is -1.37. The van der Waals surface area contributed by atoms with Crippen molar-refractivity contribution >= 4 is 23.6 Å². The standard InChI is InChI=1S/C20H24N4O4/c1-20(2)12(10-22-20)9-21-8-11-3-4-13-14(7-11)19(28)24(18(13)27)15-5-6-16(25)23-17(15)26/h3-4,7,12,15,21-22H,5-6,8-10H2,1-2H3,(H,23,25,26). The van der Waals surface area contributed by atoms with Crippen molar-refractivity contribution in [2.45, 2.75) is 44.8 Å². The summed E-state index contributed by atoms with van der Waals surface area (Å²) in [6.07, 6.45) is 0.279. The molecule has 3 aliphatic heterocycles. The number of nitrogens with zero attached hydrogens (tertiary/aromatic N) is 1. The van der Waals surface area contributed by atoms with Gasteiger partial charge < -0.3 is 10.6 Å². The van der Waals surface area contributed by atoms with Gasteiger partial charge in [0.2, 0.25) is 11.8 Å². The summed E-state index contributed by atoms with van der Waals surface area (Å²) in [6.45, 7) is 6.79. The molecule has 4 rings (SSSR count). The molecule has 2 fully saturated rings. The molecule has 0 aromatic heterocycles. The number of nitrogens with one attached hydrogen (secondary N) is 3. The van der Waals surface area contributed by atoms with Gasteiger partial charge in [-0.2, -0.15) is 0 Å². The first-order valence-corrected chi connectivity index (χ1v) is 9.58. The number of imide groups is 2. The van der Waals surface area contributed by atoms with Crippen molar-refractivity contribution in [3.05, 3.63) is 34.9 Å². The van der Waals surface area contributed by atoms with Gasteiger partial charge in [-0.1, -0.05) is 6.07 Å². The molecule has 148 valence electrons. The second kappa shape index (κ2) is 6.79. The fourth-order valence-electron chi connectivity index (χ4n) is 4.00. The van der Waals surface area contributed by atoms with E-state index in [0.29, 0.717) is 23.6 Å². The summed E-state index contributed by atoms with van der Waals surface area (Å²) in [5, 5.41) is 9.00. The van der Waals surface area contributed by atoms with E-state index < -0.39 is 23.8 Å². The van der Waals surface area contributed by atoms with Crippen molar-refractivity contribution < 1.29 is 19.2 Å². The van der Waals surface area contributed by atoms with E-state index in [4.69, 9.17) is 0 Å². The first-order chi connectivity index (χ1) is 13.3. The zero-order chi connectivity index (χ0) is 20.1. The van der Waals surface area contributed by atoms with Gasteiger partial charge in [-0.3, -0.25) is 29.4 Å². The highest BCUT2D eigenvalue weighted by Gasteiger charge is 2.44. The van der Waals surface area contributed by atoms with Crippen LogP contribution < -0.4 is 16.0 Å². The lowest BCUT2D eigenvalue weighted by atomic mass is 9.80. The zero-order valence-corrected chi connectivity index (χ0v) is 16.0. The van der Waals surface area contributed by atoms with Crippen LogP contribution in [0.4, 0.5) is 0 Å². The summed E-state index contributed by atoms with van der Waals surface area (Å²) in [4.78, 5) is 49.9. The average Bonchev–Trinajstić information content (AvgIpc) is 2.89. The Morgan fingerprint density at radius 3 is 2.54 bits per heavy atom. The van der Waals surface area contributed by atoms with Crippen LogP contribution in [0.3, 0.4) is 0 Å². The summed E-state index contributed by atoms with van der Waals surface area (Å²) >= 11 is 0. The first-order valence-electron chi connectivity index (χ1n) is 9.58. The second-order valence-corrected chi connectivity index (χ2v) is 8.26. The molecular formula is C20H24N4O4. The van der Waals surface area contributed by atoms with Crippen LogP contribution in [0, 0.1) is 5.92 Å². The number of hydrogen-bond donors (Lipinski definition) is 3. The molecule has 2 atom stereocenters. The molecule has 0 saturated carbocycles. The molecular weight excluding hydrogens is 360 g/mol. The van der Waals surface area contributed by atoms with Gasteiger partial charge in [0.05, 0.1) is 11.1 Å². The SMILES string of the molecule is CC1(C)NCC1CNCc1ccc2c(c1)C(=O)N(C1CCC(=O)NC1=O)C2=O. The highest BCUT2D eigenvalue weighted by Crippen LogP contribution is 2.28. The molecule has 3 N–H and O–H groups in total. The molecule has 0 bridgehead atoms. The zero-order valence-electron chi connectivity index (χ0n) is 16.0. The van der Waals surface area contributed by atoms with Gasteiger partial charge in [-0.05, 0) is 38.0 Å². The third-order valence-electron chi connectivity index (χ3n) is 6.05. The maximum Gasteiger partial charge on any atom is 0.262 e. The number of fused-ring (bicyclic) bond motifs is 1. The molecule has 3 aliphatic rings. The maximum atomic E-state index is 12.8. The van der Waals surface area contributed by atoms with Crippen LogP contribution in [-0.4, -0.2) is 53.2 Å². The highest BCUT2D eigenvalue weighted by molar-refractivity contribution is 6.23. The minimum absolute atomic E-state index is 0.116. The first kappa shape index (κ1) is 18.8. The van der Waals surface area contributed by atoms with Crippen LogP contribution in [0.2, 0.25) is 0 Å². The summed E-state index contributed by atoms with van der Waals surface area (Å²) in [5.41, 5.74) is 1.67. The Labute approximate surface area is 163 Å². The number of benzene rings is 1. The van der Waals surface area contributed by atoms with E-state index in [9.17, 15) is 19.2 Å². The third-order valence-corrected chi connectivity index (χ3v) is 6.05. The van der Waals surface area contributed by atoms with E-state index in [2.05, 4.69) is 29.8 Å². The van der Waals surface area contributed by atoms with Crippen LogP contribution >= 0.6 is 0 Å². The fourth-order valence-corrected chi connectivity index (χ4v) is 4.00. The van der Waals surface area contributed by atoms with Crippen molar-refractivity contribution in [1.29, 1.82) is 0 Å². The van der Waals surface area contributed by atoms with E-state index in [1.54, 1.807) is 12.1 Å². The van der Waals surface area contributed by atoms with E-state index >= 15 is 0 Å². The Kier molecular flexibility index (Phi) is 4.55. The minimum Gasteiger partial charge on any atom is -0.312 e. The largest absolute Gasteiger partial charge is 0.312 e. The molecule has 3 heterocycles. The molecule has 1 aromatic carbocycles. The number of piperidine rings is 1. The molecule has 2 unspecified atom stereocenters. The molecule has 1 aromatic rings. The number of hydrogen-bond acceptors (Lipinski definition) is 6. The van der Waals surface area contributed by atoms with Crippen LogP contribution in [-0.2, 0) is 16.1 Å². The van der Waals surface area contributed by atoms with Gasteiger partial charge in [-0.15, -0.1) is 0 Å². The predicted octanol–water partition coefficient (Wildman–Crippen LogP) is 0.175. The Morgan fingerprint density at radius 2 is 1.89 bits per heavy atom. The van der Waals surface area contributed by atoms with E-state index in [0.717, 1.165) is 23.6 Å². The van der Waals surface area contributed by atoms with Crippen molar-refractivity contribution in [2.75, 3.05) is 13.1 Å². The summed E-state index contributed by atoms with van der Waals surface area (Å²) < 4.78 is 0. The topological polar surface area (TPSA) is 108 Å². The Morgan fingerprint density at radius 1 is 1.14 bits per heavy atom. The van der Waals surface area contributed by atoms with E-state index in [1.807, 2.05) is 6.07 Å². The van der Waals surface area contributed by atoms with Crippen molar-refractivity contribution in [1.82, 2.24) is 20.9 Å². The van der Waals surface area contributed by atoms with Crippen LogP contribution in [0.15, 0.2) is 18.2 Å². The number of amides is 4. The van der Waals surface area contributed by atoms with Crippen molar-refractivity contribution in [2.24, 2.45) is 5.92 Å². The van der Waals surface area contributed by atoms with Gasteiger partial charge in [0.15, 0.2) is 0 Å². The van der Waals surface area contributed by atoms with Crippen LogP contribution in [0.5, 0.6) is 0 Å². The van der Waals surface area contributed by atoms with E-state index in [1.165, 1.54) is 0 Å². The molecule has 8 nitrogen and oxygen atoms in total. The quantitative estimate of drug-likeness (QED) is 0.625. The fraction of sp³-hybridized carbons (Fsp3) is 0.500. The lowest BCUT2D eigenvalue weighted by molar-refractivity contribution is -0.136. The summed E-state index contributed by atoms with van der Waals surface area (Å²) in [7, 11) is 0. The molecule has 0 radical (unpaired) electrons. The Hall–Kier alpha value is -2.58. The summed E-state index contributed by atoms with van der Waals surface area (Å²) in [6, 6.07) is 4.26. The van der Waals surface area contributed by atoms with Crippen molar-refractivity contribution in [3.8, 4) is 0 Å². The Balaban J connectivity index is 1.45. The minimum atomic E-state index is -0.931. The van der Waals surface area contributed by atoms with Crippen LogP contribution in [0.25, 0.3) is 0 Å². The molecule has 4 amide bonds. The molecule has 28 heavy (non-hydrogen) atoms. The number of rotatable bonds is 5. The smallest absolute Gasteiger partial charge is 0.262 e.